The van der Waals surface area contributed by atoms with Gasteiger partial charge in [0.2, 0.25) is 0 Å². The number of benzene rings is 2. The van der Waals surface area contributed by atoms with Crippen LogP contribution in [0.3, 0.4) is 0 Å². The predicted molar refractivity (Wildman–Crippen MR) is 75.2 cm³/mol. The van der Waals surface area contributed by atoms with Crippen molar-refractivity contribution in [2.75, 3.05) is 14.2 Å². The Kier molecular flexibility index (Phi) is 2.87. The van der Waals surface area contributed by atoms with Gasteiger partial charge in [0.1, 0.15) is 11.5 Å². The van der Waals surface area contributed by atoms with E-state index in [2.05, 4.69) is 9.97 Å². The minimum Gasteiger partial charge on any atom is -0.497 e. The number of hydrogen-bond acceptors (Lipinski definition) is 4. The zero-order valence-corrected chi connectivity index (χ0v) is 11.2. The Bertz CT molecular complexity index is 774. The highest BCUT2D eigenvalue weighted by Gasteiger charge is 2.07. The summed E-state index contributed by atoms with van der Waals surface area (Å²) in [5.41, 5.74) is 3.05. The zero-order chi connectivity index (χ0) is 13.4. The van der Waals surface area contributed by atoms with Gasteiger partial charge in [-0.25, -0.2) is 9.97 Å². The Labute approximate surface area is 114 Å². The molecule has 0 aliphatic rings. The van der Waals surface area contributed by atoms with Crippen LogP contribution in [0.25, 0.3) is 22.1 Å². The van der Waals surface area contributed by atoms with Crippen LogP contribution < -0.4 is 9.47 Å². The van der Waals surface area contributed by atoms with E-state index < -0.39 is 0 Å². The van der Waals surface area contributed by atoms with Crippen LogP contribution in [0, 0.1) is 0 Å². The molecule has 0 N–H and O–H groups in total. The number of aromatic nitrogens is 2. The smallest absolute Gasteiger partial charge is 0.139 e. The lowest BCUT2D eigenvalue weighted by Crippen LogP contribution is -1.91. The van der Waals surface area contributed by atoms with Crippen LogP contribution in [0.15, 0.2) is 30.3 Å². The molecule has 0 spiro atoms. The van der Waals surface area contributed by atoms with Crippen molar-refractivity contribution < 1.29 is 9.47 Å². The van der Waals surface area contributed by atoms with Crippen molar-refractivity contribution in [2.45, 2.75) is 0 Å². The third-order valence-corrected chi connectivity index (χ3v) is 3.21. The monoisotopic (exact) mass is 274 g/mol. The first-order chi connectivity index (χ1) is 9.21. The summed E-state index contributed by atoms with van der Waals surface area (Å²) in [6, 6.07) is 9.12. The van der Waals surface area contributed by atoms with Gasteiger partial charge in [0.25, 0.3) is 0 Å². The molecule has 96 valence electrons. The van der Waals surface area contributed by atoms with E-state index >= 15 is 0 Å². The Hall–Kier alpha value is -2.07. The van der Waals surface area contributed by atoms with Gasteiger partial charge in [-0.15, -0.1) is 0 Å². The van der Waals surface area contributed by atoms with Crippen LogP contribution in [0.1, 0.15) is 0 Å². The SMILES string of the molecule is COc1ccc2nc3cc(OC)c(Cl)cc3nc2c1. The zero-order valence-electron chi connectivity index (χ0n) is 10.5. The third-order valence-electron chi connectivity index (χ3n) is 2.91. The van der Waals surface area contributed by atoms with Gasteiger partial charge in [0.05, 0.1) is 41.3 Å². The molecule has 3 rings (SSSR count). The van der Waals surface area contributed by atoms with Crippen molar-refractivity contribution in [1.82, 2.24) is 9.97 Å². The first-order valence-corrected chi connectivity index (χ1v) is 6.08. The van der Waals surface area contributed by atoms with Crippen molar-refractivity contribution in [3.63, 3.8) is 0 Å². The van der Waals surface area contributed by atoms with E-state index in [9.17, 15) is 0 Å². The van der Waals surface area contributed by atoms with Gasteiger partial charge in [0, 0.05) is 12.1 Å². The second-order valence-corrected chi connectivity index (χ2v) is 4.46. The summed E-state index contributed by atoms with van der Waals surface area (Å²) in [6.45, 7) is 0. The number of methoxy groups -OCH3 is 2. The predicted octanol–water partition coefficient (Wildman–Crippen LogP) is 3.45. The average Bonchev–Trinajstić information content (AvgIpc) is 2.44. The minimum atomic E-state index is 0.520. The van der Waals surface area contributed by atoms with E-state index in [1.807, 2.05) is 18.2 Å². The maximum absolute atomic E-state index is 6.10. The summed E-state index contributed by atoms with van der Waals surface area (Å²) in [5, 5.41) is 0.520. The van der Waals surface area contributed by atoms with E-state index in [0.29, 0.717) is 10.8 Å². The van der Waals surface area contributed by atoms with Crippen LogP contribution in [-0.2, 0) is 0 Å². The lowest BCUT2D eigenvalue weighted by atomic mass is 10.2. The first-order valence-electron chi connectivity index (χ1n) is 5.70. The molecule has 0 unspecified atom stereocenters. The first kappa shape index (κ1) is 12.0. The highest BCUT2D eigenvalue weighted by Crippen LogP contribution is 2.29. The van der Waals surface area contributed by atoms with Crippen LogP contribution in [0.4, 0.5) is 0 Å². The number of halogens is 1. The van der Waals surface area contributed by atoms with Crippen molar-refractivity contribution in [1.29, 1.82) is 0 Å². The van der Waals surface area contributed by atoms with Gasteiger partial charge in [0.15, 0.2) is 0 Å². The highest BCUT2D eigenvalue weighted by molar-refractivity contribution is 6.32. The summed E-state index contributed by atoms with van der Waals surface area (Å²) in [7, 11) is 3.20. The topological polar surface area (TPSA) is 44.2 Å². The summed E-state index contributed by atoms with van der Waals surface area (Å²) < 4.78 is 10.4. The van der Waals surface area contributed by atoms with Crippen LogP contribution in [0.2, 0.25) is 5.02 Å². The molecule has 0 aliphatic carbocycles. The number of hydrogen-bond donors (Lipinski definition) is 0. The van der Waals surface area contributed by atoms with E-state index in [0.717, 1.165) is 27.8 Å². The summed E-state index contributed by atoms with van der Waals surface area (Å²) in [4.78, 5) is 9.09. The van der Waals surface area contributed by atoms with E-state index in [-0.39, 0.29) is 0 Å². The lowest BCUT2D eigenvalue weighted by Gasteiger charge is -2.06. The molecule has 0 bridgehead atoms. The molecule has 0 aliphatic heterocycles. The number of ether oxygens (including phenoxy) is 2. The largest absolute Gasteiger partial charge is 0.497 e. The van der Waals surface area contributed by atoms with Gasteiger partial charge < -0.3 is 9.47 Å². The van der Waals surface area contributed by atoms with Crippen molar-refractivity contribution in [3.05, 3.63) is 35.4 Å². The molecule has 5 heteroatoms. The molecule has 4 nitrogen and oxygen atoms in total. The summed E-state index contributed by atoms with van der Waals surface area (Å²) in [6.07, 6.45) is 0. The number of nitrogens with zero attached hydrogens (tertiary/aromatic N) is 2. The fourth-order valence-corrected chi connectivity index (χ4v) is 2.18. The molecule has 19 heavy (non-hydrogen) atoms. The lowest BCUT2D eigenvalue weighted by molar-refractivity contribution is 0.415. The third kappa shape index (κ3) is 2.04. The highest BCUT2D eigenvalue weighted by atomic mass is 35.5. The van der Waals surface area contributed by atoms with Crippen LogP contribution >= 0.6 is 11.6 Å². The fourth-order valence-electron chi connectivity index (χ4n) is 1.94. The van der Waals surface area contributed by atoms with Crippen LogP contribution in [-0.4, -0.2) is 24.2 Å². The molecular formula is C14H11ClN2O2. The van der Waals surface area contributed by atoms with Crippen molar-refractivity contribution in [3.8, 4) is 11.5 Å². The second-order valence-electron chi connectivity index (χ2n) is 4.05. The second kappa shape index (κ2) is 4.55. The molecule has 0 atom stereocenters. The Morgan fingerprint density at radius 1 is 0.842 bits per heavy atom. The van der Waals surface area contributed by atoms with Crippen LogP contribution in [0.5, 0.6) is 11.5 Å². The molecular weight excluding hydrogens is 264 g/mol. The molecule has 2 aromatic carbocycles. The maximum atomic E-state index is 6.10. The standard InChI is InChI=1S/C14H11ClN2O2/c1-18-8-3-4-10-11(5-8)17-12-6-9(15)14(19-2)7-13(12)16-10/h3-7H,1-2H3. The number of rotatable bonds is 2. The van der Waals surface area contributed by atoms with E-state index in [1.54, 1.807) is 26.4 Å². The molecule has 0 fully saturated rings. The van der Waals surface area contributed by atoms with Gasteiger partial charge in [-0.2, -0.15) is 0 Å². The molecule has 0 radical (unpaired) electrons. The molecule has 0 amide bonds. The summed E-state index contributed by atoms with van der Waals surface area (Å²) >= 11 is 6.10. The average molecular weight is 275 g/mol. The van der Waals surface area contributed by atoms with E-state index in [1.165, 1.54) is 0 Å². The van der Waals surface area contributed by atoms with Crippen molar-refractivity contribution in [2.24, 2.45) is 0 Å². The number of fused-ring (bicyclic) bond motifs is 2. The van der Waals surface area contributed by atoms with Gasteiger partial charge in [-0.1, -0.05) is 11.6 Å². The van der Waals surface area contributed by atoms with E-state index in [4.69, 9.17) is 21.1 Å². The molecule has 3 aromatic rings. The molecule has 0 saturated heterocycles. The van der Waals surface area contributed by atoms with Gasteiger partial charge in [-0.05, 0) is 18.2 Å². The molecule has 0 saturated carbocycles. The Balaban J connectivity index is 2.31. The molecule has 1 aromatic heterocycles. The maximum Gasteiger partial charge on any atom is 0.139 e. The Morgan fingerprint density at radius 3 is 2.26 bits per heavy atom. The molecule has 1 heterocycles. The van der Waals surface area contributed by atoms with Crippen molar-refractivity contribution >= 4 is 33.7 Å². The fraction of sp³-hybridized carbons (Fsp3) is 0.143. The Morgan fingerprint density at radius 2 is 1.53 bits per heavy atom. The van der Waals surface area contributed by atoms with Gasteiger partial charge >= 0.3 is 0 Å². The minimum absolute atomic E-state index is 0.520. The van der Waals surface area contributed by atoms with Gasteiger partial charge in [-0.3, -0.25) is 0 Å². The quantitative estimate of drug-likeness (QED) is 0.671. The normalized spacial score (nSPS) is 10.9. The summed E-state index contributed by atoms with van der Waals surface area (Å²) in [5.74, 6) is 1.34.